The Kier molecular flexibility index (Phi) is 10.9. The Morgan fingerprint density at radius 2 is 1.72 bits per heavy atom. The second kappa shape index (κ2) is 14.9. The minimum atomic E-state index is -0.719. The molecule has 1 N–H and O–H groups in total. The normalized spacial score (nSPS) is 26.1. The zero-order valence-electron chi connectivity index (χ0n) is 27.1. The number of hydrogen-bond acceptors (Lipinski definition) is 6. The average molecular weight is 646 g/mol. The van der Waals surface area contributed by atoms with E-state index < -0.39 is 22.6 Å². The molecule has 1 spiro atoms. The molecule has 0 radical (unpaired) electrons. The van der Waals surface area contributed by atoms with E-state index in [0.717, 1.165) is 31.2 Å². The zero-order chi connectivity index (χ0) is 32.8. The van der Waals surface area contributed by atoms with Crippen molar-refractivity contribution in [2.24, 2.45) is 17.8 Å². The number of ether oxygens (including phenoxy) is 1. The molecule has 46 heavy (non-hydrogen) atoms. The van der Waals surface area contributed by atoms with Gasteiger partial charge in [-0.05, 0) is 55.0 Å². The number of thioether (sulfide) groups is 1. The number of aliphatic hydroxyl groups excluding tert-OH is 1. The van der Waals surface area contributed by atoms with E-state index >= 15 is 0 Å². The fourth-order valence-electron chi connectivity index (χ4n) is 7.83. The van der Waals surface area contributed by atoms with E-state index in [4.69, 9.17) is 4.74 Å². The molecule has 3 fully saturated rings. The van der Waals surface area contributed by atoms with Crippen LogP contribution in [-0.2, 0) is 20.9 Å². The van der Waals surface area contributed by atoms with Gasteiger partial charge in [-0.15, -0.1) is 24.9 Å². The summed E-state index contributed by atoms with van der Waals surface area (Å²) in [6.45, 7) is 11.7. The number of nitrogens with zero attached hydrogens (tertiary/aromatic N) is 3. The van der Waals surface area contributed by atoms with Crippen LogP contribution in [0.5, 0.6) is 5.75 Å². The van der Waals surface area contributed by atoms with Crippen molar-refractivity contribution >= 4 is 35.2 Å². The van der Waals surface area contributed by atoms with Gasteiger partial charge in [0.2, 0.25) is 11.8 Å². The number of rotatable bonds is 16. The molecule has 3 saturated heterocycles. The van der Waals surface area contributed by atoms with Crippen LogP contribution < -0.4 is 9.64 Å². The Balaban J connectivity index is 1.52. The van der Waals surface area contributed by atoms with E-state index in [1.54, 1.807) is 40.8 Å². The lowest BCUT2D eigenvalue weighted by Gasteiger charge is -2.41. The Hall–Kier alpha value is -3.56. The maximum Gasteiger partial charge on any atom is 0.251 e. The zero-order valence-corrected chi connectivity index (χ0v) is 27.9. The van der Waals surface area contributed by atoms with E-state index in [9.17, 15) is 19.5 Å². The van der Waals surface area contributed by atoms with Crippen molar-refractivity contribution in [1.29, 1.82) is 0 Å². The van der Waals surface area contributed by atoms with E-state index in [1.807, 2.05) is 59.5 Å². The van der Waals surface area contributed by atoms with Crippen molar-refractivity contribution in [2.45, 2.75) is 61.6 Å². The minimum absolute atomic E-state index is 0.0394. The number of carbonyl (C=O) groups excluding carboxylic acids is 3. The Morgan fingerprint density at radius 3 is 2.37 bits per heavy atom. The van der Waals surface area contributed by atoms with E-state index in [-0.39, 0.29) is 42.0 Å². The first kappa shape index (κ1) is 33.8. The molecule has 3 unspecified atom stereocenters. The predicted molar refractivity (Wildman–Crippen MR) is 184 cm³/mol. The van der Waals surface area contributed by atoms with Gasteiger partial charge >= 0.3 is 0 Å². The van der Waals surface area contributed by atoms with Gasteiger partial charge in [-0.1, -0.05) is 62.2 Å². The van der Waals surface area contributed by atoms with Gasteiger partial charge in [0.25, 0.3) is 5.91 Å². The average Bonchev–Trinajstić information content (AvgIpc) is 3.66. The number of benzene rings is 2. The molecular formula is C37H47N3O5S. The molecule has 6 atom stereocenters. The number of likely N-dealkylation sites (tertiary alicyclic amines) is 1. The third-order valence-electron chi connectivity index (χ3n) is 9.91. The van der Waals surface area contributed by atoms with Crippen LogP contribution >= 0.6 is 11.8 Å². The maximum atomic E-state index is 14.9. The van der Waals surface area contributed by atoms with Gasteiger partial charge in [0.05, 0.1) is 23.7 Å². The van der Waals surface area contributed by atoms with Crippen LogP contribution in [-0.4, -0.2) is 82.0 Å². The number of aliphatic hydroxyl groups is 1. The van der Waals surface area contributed by atoms with Crippen LogP contribution in [0.25, 0.3) is 0 Å². The number of anilines is 1. The fourth-order valence-corrected chi connectivity index (χ4v) is 10.2. The van der Waals surface area contributed by atoms with Crippen LogP contribution in [0.3, 0.4) is 0 Å². The second-order valence-corrected chi connectivity index (χ2v) is 14.2. The van der Waals surface area contributed by atoms with Crippen molar-refractivity contribution in [2.75, 3.05) is 38.3 Å². The quantitative estimate of drug-likeness (QED) is 0.196. The lowest BCUT2D eigenvalue weighted by Crippen LogP contribution is -2.57. The topological polar surface area (TPSA) is 90.4 Å². The number of carbonyl (C=O) groups is 3. The molecule has 0 aliphatic carbocycles. The Labute approximate surface area is 277 Å². The largest absolute Gasteiger partial charge is 0.497 e. The van der Waals surface area contributed by atoms with E-state index in [0.29, 0.717) is 37.5 Å². The van der Waals surface area contributed by atoms with Crippen molar-refractivity contribution in [3.8, 4) is 5.75 Å². The van der Waals surface area contributed by atoms with Crippen LogP contribution in [0.1, 0.15) is 44.6 Å². The highest BCUT2D eigenvalue weighted by molar-refractivity contribution is 8.02. The molecule has 3 aliphatic heterocycles. The number of unbranched alkanes of at least 4 members (excludes halogenated alkanes) is 3. The third-order valence-corrected chi connectivity index (χ3v) is 12.0. The fraction of sp³-hybridized carbons (Fsp3) is 0.486. The number of fused-ring (bicyclic) bond motifs is 1. The SMILES string of the molecule is C=CCN(Cc1ccccc1)C(=O)[C@@H]1[C@H]2C(=O)N(CCCCCCO)C(C(=O)N(CC=C)c3ccc(OC)cc3)C23S[C@@H]1CC3C. The summed E-state index contributed by atoms with van der Waals surface area (Å²) >= 11 is 1.70. The Bertz CT molecular complexity index is 1400. The van der Waals surface area contributed by atoms with Crippen LogP contribution in [0.15, 0.2) is 79.9 Å². The molecule has 3 amide bonds. The predicted octanol–water partition coefficient (Wildman–Crippen LogP) is 5.32. The molecule has 9 heteroatoms. The van der Waals surface area contributed by atoms with Gasteiger partial charge in [0.1, 0.15) is 11.8 Å². The van der Waals surface area contributed by atoms with Crippen LogP contribution in [0.4, 0.5) is 5.69 Å². The standard InChI is InChI=1S/C37H47N3O5S/c1-5-20-38(25-27-14-10-9-11-15-27)34(42)31-30-24-26(3)37(46-30)32(31)35(43)40(22-12-7-8-13-23-41)33(37)36(44)39(21-6-2)28-16-18-29(45-4)19-17-28/h5-6,9-11,14-19,26,30-33,41H,1-2,7-8,12-13,20-25H2,3-4H3/t26?,30-,31+,32+,33?,37?/m1/s1. The minimum Gasteiger partial charge on any atom is -0.497 e. The summed E-state index contributed by atoms with van der Waals surface area (Å²) in [5.74, 6) is -0.618. The molecule has 0 saturated carbocycles. The van der Waals surface area contributed by atoms with Gasteiger partial charge in [-0.3, -0.25) is 14.4 Å². The molecule has 3 heterocycles. The summed E-state index contributed by atoms with van der Waals surface area (Å²) in [4.78, 5) is 49.4. The molecule has 0 aromatic heterocycles. The second-order valence-electron chi connectivity index (χ2n) is 12.7. The summed E-state index contributed by atoms with van der Waals surface area (Å²) in [5.41, 5.74) is 1.73. The molecule has 2 aromatic rings. The maximum absolute atomic E-state index is 14.9. The van der Waals surface area contributed by atoms with Gasteiger partial charge in [-0.2, -0.15) is 0 Å². The number of methoxy groups -OCH3 is 1. The number of amides is 3. The highest BCUT2D eigenvalue weighted by Gasteiger charge is 2.76. The summed E-state index contributed by atoms with van der Waals surface area (Å²) in [6, 6.07) is 16.5. The van der Waals surface area contributed by atoms with Gasteiger partial charge in [-0.25, -0.2) is 0 Å². The van der Waals surface area contributed by atoms with Crippen LogP contribution in [0.2, 0.25) is 0 Å². The highest BCUT2D eigenvalue weighted by atomic mass is 32.2. The molecule has 2 bridgehead atoms. The summed E-state index contributed by atoms with van der Waals surface area (Å²) in [6.07, 6.45) is 7.34. The number of hydrogen-bond donors (Lipinski definition) is 1. The first-order chi connectivity index (χ1) is 22.3. The van der Waals surface area contributed by atoms with Crippen LogP contribution in [0, 0.1) is 17.8 Å². The van der Waals surface area contributed by atoms with Crippen molar-refractivity contribution in [1.82, 2.24) is 9.80 Å². The van der Waals surface area contributed by atoms with Gasteiger partial charge in [0.15, 0.2) is 0 Å². The smallest absolute Gasteiger partial charge is 0.251 e. The first-order valence-corrected chi connectivity index (χ1v) is 17.3. The van der Waals surface area contributed by atoms with E-state index in [1.165, 1.54) is 0 Å². The summed E-state index contributed by atoms with van der Waals surface area (Å²) < 4.78 is 4.63. The molecule has 3 aliphatic rings. The Morgan fingerprint density at radius 1 is 1.02 bits per heavy atom. The first-order valence-electron chi connectivity index (χ1n) is 16.4. The van der Waals surface area contributed by atoms with Crippen molar-refractivity contribution in [3.05, 3.63) is 85.5 Å². The molecule has 246 valence electrons. The monoisotopic (exact) mass is 645 g/mol. The lowest BCUT2D eigenvalue weighted by atomic mass is 9.65. The molecule has 2 aromatic carbocycles. The summed E-state index contributed by atoms with van der Waals surface area (Å²) in [7, 11) is 1.60. The molecular weight excluding hydrogens is 598 g/mol. The highest BCUT2D eigenvalue weighted by Crippen LogP contribution is 2.69. The van der Waals surface area contributed by atoms with Crippen molar-refractivity contribution < 1.29 is 24.2 Å². The van der Waals surface area contributed by atoms with E-state index in [2.05, 4.69) is 20.1 Å². The van der Waals surface area contributed by atoms with Crippen molar-refractivity contribution in [3.63, 3.8) is 0 Å². The van der Waals surface area contributed by atoms with Gasteiger partial charge in [0, 0.05) is 43.7 Å². The summed E-state index contributed by atoms with van der Waals surface area (Å²) in [5, 5.41) is 9.23. The lowest BCUT2D eigenvalue weighted by molar-refractivity contribution is -0.144. The molecule has 8 nitrogen and oxygen atoms in total. The molecule has 5 rings (SSSR count). The van der Waals surface area contributed by atoms with Gasteiger partial charge < -0.3 is 24.5 Å². The third kappa shape index (κ3) is 6.24.